The van der Waals surface area contributed by atoms with Crippen molar-refractivity contribution in [3.05, 3.63) is 60.4 Å². The quantitative estimate of drug-likeness (QED) is 0.304. The van der Waals surface area contributed by atoms with Gasteiger partial charge in [0.1, 0.15) is 5.75 Å². The first-order valence-corrected chi connectivity index (χ1v) is 10.8. The summed E-state index contributed by atoms with van der Waals surface area (Å²) in [6.45, 7) is 0.633. The molecule has 9 heteroatoms. The van der Waals surface area contributed by atoms with Crippen molar-refractivity contribution in [1.29, 1.82) is 0 Å². The number of amides is 2. The maximum absolute atomic E-state index is 12.9. The molecule has 1 aromatic heterocycles. The number of aliphatic hydroxyl groups excluding tert-OH is 2. The summed E-state index contributed by atoms with van der Waals surface area (Å²) >= 11 is 0. The van der Waals surface area contributed by atoms with Crippen molar-refractivity contribution >= 4 is 17.4 Å². The highest BCUT2D eigenvalue weighted by molar-refractivity contribution is 5.94. The number of urea groups is 1. The number of H-pyrrole nitrogens is 1. The van der Waals surface area contributed by atoms with E-state index in [9.17, 15) is 15.0 Å². The van der Waals surface area contributed by atoms with Crippen LogP contribution in [0.1, 0.15) is 24.4 Å². The SMILES string of the molecule is COc1cccc(C(CCO)NC(=O)Nc2ccc(-c3cn[nH]c3)cc2N(C)CCCO)c1. The number of ether oxygens (including phenoxy) is 1. The van der Waals surface area contributed by atoms with E-state index in [0.717, 1.165) is 22.4 Å². The molecule has 0 spiro atoms. The van der Waals surface area contributed by atoms with E-state index in [1.807, 2.05) is 54.4 Å². The molecular weight excluding hydrogens is 422 g/mol. The highest BCUT2D eigenvalue weighted by atomic mass is 16.5. The Morgan fingerprint density at radius 2 is 2.03 bits per heavy atom. The second-order valence-electron chi connectivity index (χ2n) is 7.66. The van der Waals surface area contributed by atoms with E-state index in [-0.39, 0.29) is 25.3 Å². The molecule has 33 heavy (non-hydrogen) atoms. The molecule has 3 aromatic rings. The molecule has 1 unspecified atom stereocenters. The number of anilines is 2. The number of methoxy groups -OCH3 is 1. The lowest BCUT2D eigenvalue weighted by Crippen LogP contribution is -2.33. The Labute approximate surface area is 193 Å². The van der Waals surface area contributed by atoms with Crippen LogP contribution < -0.4 is 20.3 Å². The zero-order valence-electron chi connectivity index (χ0n) is 18.9. The van der Waals surface area contributed by atoms with E-state index in [1.165, 1.54) is 0 Å². The van der Waals surface area contributed by atoms with Crippen LogP contribution in [0.15, 0.2) is 54.9 Å². The molecular formula is C24H31N5O4. The number of rotatable bonds is 11. The first-order valence-electron chi connectivity index (χ1n) is 10.8. The molecule has 9 nitrogen and oxygen atoms in total. The molecule has 0 fully saturated rings. The van der Waals surface area contributed by atoms with Crippen LogP contribution in [0.2, 0.25) is 0 Å². The summed E-state index contributed by atoms with van der Waals surface area (Å²) in [5.74, 6) is 0.681. The van der Waals surface area contributed by atoms with E-state index in [2.05, 4.69) is 20.8 Å². The number of nitrogens with zero attached hydrogens (tertiary/aromatic N) is 2. The molecule has 1 heterocycles. The molecule has 0 bridgehead atoms. The fourth-order valence-corrected chi connectivity index (χ4v) is 3.60. The minimum atomic E-state index is -0.385. The van der Waals surface area contributed by atoms with Crippen LogP contribution in [-0.2, 0) is 0 Å². The molecule has 0 aliphatic rings. The predicted octanol–water partition coefficient (Wildman–Crippen LogP) is 3.15. The first-order chi connectivity index (χ1) is 16.0. The van der Waals surface area contributed by atoms with E-state index in [1.54, 1.807) is 19.5 Å². The summed E-state index contributed by atoms with van der Waals surface area (Å²) < 4.78 is 5.28. The number of aromatic nitrogens is 2. The lowest BCUT2D eigenvalue weighted by atomic mass is 10.0. The Bertz CT molecular complexity index is 1030. The molecule has 0 aliphatic carbocycles. The molecule has 5 N–H and O–H groups in total. The van der Waals surface area contributed by atoms with Gasteiger partial charge in [-0.25, -0.2) is 4.79 Å². The molecule has 0 aliphatic heterocycles. The minimum absolute atomic E-state index is 0.0727. The Balaban J connectivity index is 1.81. The Morgan fingerprint density at radius 3 is 2.73 bits per heavy atom. The molecule has 2 aromatic carbocycles. The average Bonchev–Trinajstić information content (AvgIpc) is 3.37. The number of aromatic amines is 1. The maximum Gasteiger partial charge on any atom is 0.319 e. The number of hydrogen-bond acceptors (Lipinski definition) is 6. The standard InChI is InChI=1S/C24H31N5O4/c1-29(10-4-11-30)23-14-17(19-15-25-26-16-19)7-8-22(23)28-24(32)27-21(9-12-31)18-5-3-6-20(13-18)33-2/h3,5-8,13-16,21,30-31H,4,9-12H2,1-2H3,(H,25,26)(H2,27,28,32). The van der Waals surface area contributed by atoms with Gasteiger partial charge in [0, 0.05) is 38.6 Å². The summed E-state index contributed by atoms with van der Waals surface area (Å²) in [5.41, 5.74) is 4.18. The van der Waals surface area contributed by atoms with E-state index in [0.29, 0.717) is 30.8 Å². The van der Waals surface area contributed by atoms with Gasteiger partial charge in [-0.05, 0) is 48.2 Å². The highest BCUT2D eigenvalue weighted by Crippen LogP contribution is 2.31. The van der Waals surface area contributed by atoms with E-state index >= 15 is 0 Å². The van der Waals surface area contributed by atoms with Gasteiger partial charge in [0.25, 0.3) is 0 Å². The highest BCUT2D eigenvalue weighted by Gasteiger charge is 2.17. The van der Waals surface area contributed by atoms with Crippen LogP contribution in [-0.4, -0.2) is 60.4 Å². The van der Waals surface area contributed by atoms with Gasteiger partial charge in [0.15, 0.2) is 0 Å². The number of aliphatic hydroxyl groups is 2. The van der Waals surface area contributed by atoms with Gasteiger partial charge in [-0.1, -0.05) is 18.2 Å². The molecule has 176 valence electrons. The fraction of sp³-hybridized carbons (Fsp3) is 0.333. The summed E-state index contributed by atoms with van der Waals surface area (Å²) in [4.78, 5) is 14.9. The molecule has 1 atom stereocenters. The molecule has 0 radical (unpaired) electrons. The van der Waals surface area contributed by atoms with Crippen molar-refractivity contribution in [2.24, 2.45) is 0 Å². The predicted molar refractivity (Wildman–Crippen MR) is 129 cm³/mol. The molecule has 3 rings (SSSR count). The fourth-order valence-electron chi connectivity index (χ4n) is 3.60. The zero-order valence-corrected chi connectivity index (χ0v) is 18.9. The van der Waals surface area contributed by atoms with Crippen LogP contribution in [0.4, 0.5) is 16.2 Å². The van der Waals surface area contributed by atoms with Crippen molar-refractivity contribution < 1.29 is 19.7 Å². The molecule has 0 saturated heterocycles. The first kappa shape index (κ1) is 24.1. The van der Waals surface area contributed by atoms with Gasteiger partial charge in [0.2, 0.25) is 0 Å². The van der Waals surface area contributed by atoms with Crippen molar-refractivity contribution in [3.63, 3.8) is 0 Å². The van der Waals surface area contributed by atoms with Crippen LogP contribution in [0.5, 0.6) is 5.75 Å². The third-order valence-electron chi connectivity index (χ3n) is 5.36. The molecule has 0 saturated carbocycles. The van der Waals surface area contributed by atoms with Crippen LogP contribution >= 0.6 is 0 Å². The van der Waals surface area contributed by atoms with E-state index < -0.39 is 0 Å². The largest absolute Gasteiger partial charge is 0.497 e. The van der Waals surface area contributed by atoms with Gasteiger partial charge >= 0.3 is 6.03 Å². The van der Waals surface area contributed by atoms with Crippen LogP contribution in [0.25, 0.3) is 11.1 Å². The second kappa shape index (κ2) is 11.9. The average molecular weight is 454 g/mol. The maximum atomic E-state index is 12.9. The number of nitrogens with one attached hydrogen (secondary N) is 3. The summed E-state index contributed by atoms with van der Waals surface area (Å²) in [6.07, 6.45) is 4.51. The van der Waals surface area contributed by atoms with Crippen molar-refractivity contribution in [2.75, 3.05) is 44.1 Å². The third kappa shape index (κ3) is 6.47. The third-order valence-corrected chi connectivity index (χ3v) is 5.36. The number of benzene rings is 2. The summed E-state index contributed by atoms with van der Waals surface area (Å²) in [7, 11) is 3.50. The zero-order chi connectivity index (χ0) is 23.6. The lowest BCUT2D eigenvalue weighted by Gasteiger charge is -2.24. The van der Waals surface area contributed by atoms with Gasteiger partial charge < -0.3 is 30.5 Å². The Hall–Kier alpha value is -3.56. The topological polar surface area (TPSA) is 123 Å². The monoisotopic (exact) mass is 453 g/mol. The number of carbonyl (C=O) groups excluding carboxylic acids is 1. The van der Waals surface area contributed by atoms with E-state index in [4.69, 9.17) is 4.74 Å². The van der Waals surface area contributed by atoms with Gasteiger partial charge in [0.05, 0.1) is 30.7 Å². The van der Waals surface area contributed by atoms with Crippen molar-refractivity contribution in [3.8, 4) is 16.9 Å². The second-order valence-corrected chi connectivity index (χ2v) is 7.66. The Kier molecular flexibility index (Phi) is 8.68. The Morgan fingerprint density at radius 1 is 1.18 bits per heavy atom. The number of hydrogen-bond donors (Lipinski definition) is 5. The van der Waals surface area contributed by atoms with Crippen LogP contribution in [0.3, 0.4) is 0 Å². The number of carbonyl (C=O) groups is 1. The summed E-state index contributed by atoms with van der Waals surface area (Å²) in [6, 6.07) is 12.4. The van der Waals surface area contributed by atoms with Gasteiger partial charge in [-0.3, -0.25) is 5.10 Å². The normalized spacial score (nSPS) is 11.6. The molecule has 2 amide bonds. The van der Waals surface area contributed by atoms with Crippen molar-refractivity contribution in [1.82, 2.24) is 15.5 Å². The van der Waals surface area contributed by atoms with Crippen LogP contribution in [0, 0.1) is 0 Å². The van der Waals surface area contributed by atoms with Gasteiger partial charge in [-0.15, -0.1) is 0 Å². The lowest BCUT2D eigenvalue weighted by molar-refractivity contribution is 0.239. The van der Waals surface area contributed by atoms with Gasteiger partial charge in [-0.2, -0.15) is 5.10 Å². The summed E-state index contributed by atoms with van der Waals surface area (Å²) in [5, 5.41) is 31.4. The minimum Gasteiger partial charge on any atom is -0.497 e. The smallest absolute Gasteiger partial charge is 0.319 e. The van der Waals surface area contributed by atoms with Crippen molar-refractivity contribution in [2.45, 2.75) is 18.9 Å².